The molecule has 2 aromatic heterocycles. The predicted octanol–water partition coefficient (Wildman–Crippen LogP) is 5.15. The van der Waals surface area contributed by atoms with Gasteiger partial charge in [0.15, 0.2) is 0 Å². The molecule has 0 aliphatic rings. The maximum atomic E-state index is 12.5. The van der Waals surface area contributed by atoms with Crippen molar-refractivity contribution in [3.8, 4) is 0 Å². The van der Waals surface area contributed by atoms with Gasteiger partial charge in [0.25, 0.3) is 0 Å². The first-order valence-corrected chi connectivity index (χ1v) is 11.0. The van der Waals surface area contributed by atoms with Crippen molar-refractivity contribution in [2.24, 2.45) is 0 Å². The highest BCUT2D eigenvalue weighted by atomic mass is 35.5. The van der Waals surface area contributed by atoms with E-state index in [0.717, 1.165) is 33.9 Å². The van der Waals surface area contributed by atoms with Gasteiger partial charge in [-0.15, -0.1) is 0 Å². The van der Waals surface area contributed by atoms with Crippen molar-refractivity contribution in [1.29, 1.82) is 0 Å². The molecule has 0 spiro atoms. The highest BCUT2D eigenvalue weighted by molar-refractivity contribution is 6.31. The van der Waals surface area contributed by atoms with Gasteiger partial charge in [0.1, 0.15) is 17.4 Å². The molecule has 0 unspecified atom stereocenters. The van der Waals surface area contributed by atoms with E-state index in [4.69, 9.17) is 21.0 Å². The Morgan fingerprint density at radius 1 is 1.09 bits per heavy atom. The summed E-state index contributed by atoms with van der Waals surface area (Å²) in [7, 11) is 0. The number of benzene rings is 2. The smallest absolute Gasteiger partial charge is 0.222 e. The fourth-order valence-corrected chi connectivity index (χ4v) is 3.69. The zero-order chi connectivity index (χ0) is 22.3. The molecule has 0 radical (unpaired) electrons. The summed E-state index contributed by atoms with van der Waals surface area (Å²) in [5.41, 5.74) is 1.95. The second-order valence-corrected chi connectivity index (χ2v) is 7.93. The van der Waals surface area contributed by atoms with Crippen molar-refractivity contribution in [2.45, 2.75) is 32.9 Å². The van der Waals surface area contributed by atoms with Crippen LogP contribution in [0, 0.1) is 0 Å². The van der Waals surface area contributed by atoms with Crippen LogP contribution in [-0.4, -0.2) is 22.4 Å². The number of halogens is 1. The van der Waals surface area contributed by atoms with Gasteiger partial charge in [-0.1, -0.05) is 48.9 Å². The van der Waals surface area contributed by atoms with Gasteiger partial charge in [-0.3, -0.25) is 4.79 Å². The molecule has 2 heterocycles. The summed E-state index contributed by atoms with van der Waals surface area (Å²) in [5, 5.41) is 4.46. The highest BCUT2D eigenvalue weighted by Crippen LogP contribution is 2.28. The Morgan fingerprint density at radius 3 is 2.69 bits per heavy atom. The maximum Gasteiger partial charge on any atom is 0.222 e. The first kappa shape index (κ1) is 21.8. The van der Waals surface area contributed by atoms with E-state index in [1.54, 1.807) is 12.3 Å². The highest BCUT2D eigenvalue weighted by Gasteiger charge is 2.17. The normalized spacial score (nSPS) is 10.9. The minimum Gasteiger partial charge on any atom is -0.467 e. The molecular formula is C25H25ClN4O2. The van der Waals surface area contributed by atoms with Crippen LogP contribution in [0.2, 0.25) is 5.02 Å². The van der Waals surface area contributed by atoms with E-state index in [-0.39, 0.29) is 5.91 Å². The number of hydrogen-bond donors (Lipinski definition) is 1. The van der Waals surface area contributed by atoms with E-state index >= 15 is 0 Å². The Morgan fingerprint density at radius 2 is 1.94 bits per heavy atom. The third kappa shape index (κ3) is 5.45. The summed E-state index contributed by atoms with van der Waals surface area (Å²) < 4.78 is 5.29. The second kappa shape index (κ2) is 10.3. The van der Waals surface area contributed by atoms with E-state index in [2.05, 4.69) is 27.3 Å². The molecule has 32 heavy (non-hydrogen) atoms. The van der Waals surface area contributed by atoms with Crippen LogP contribution in [0.25, 0.3) is 10.9 Å². The Labute approximate surface area is 192 Å². The van der Waals surface area contributed by atoms with Crippen LogP contribution < -0.4 is 10.2 Å². The number of aromatic nitrogens is 2. The molecule has 0 aliphatic carbocycles. The van der Waals surface area contributed by atoms with Crippen LogP contribution in [0.1, 0.15) is 30.5 Å². The van der Waals surface area contributed by atoms with Gasteiger partial charge in [0, 0.05) is 36.3 Å². The van der Waals surface area contributed by atoms with Crippen LogP contribution in [0.15, 0.2) is 71.3 Å². The summed E-state index contributed by atoms with van der Waals surface area (Å²) >= 11 is 6.22. The molecule has 2 aromatic carbocycles. The molecule has 0 saturated heterocycles. The van der Waals surface area contributed by atoms with Gasteiger partial charge in [-0.25, -0.2) is 9.97 Å². The van der Waals surface area contributed by atoms with Crippen molar-refractivity contribution in [3.05, 3.63) is 89.1 Å². The number of fused-ring (bicyclic) bond motifs is 1. The van der Waals surface area contributed by atoms with Gasteiger partial charge in [-0.05, 0) is 35.9 Å². The Hall–Kier alpha value is -3.38. The Bertz CT molecular complexity index is 1180. The number of hydrogen-bond acceptors (Lipinski definition) is 5. The number of nitrogens with zero attached hydrogens (tertiary/aromatic N) is 3. The van der Waals surface area contributed by atoms with Gasteiger partial charge < -0.3 is 14.6 Å². The number of rotatable bonds is 9. The summed E-state index contributed by atoms with van der Waals surface area (Å²) in [6.07, 6.45) is 2.63. The van der Waals surface area contributed by atoms with Crippen LogP contribution >= 0.6 is 11.6 Å². The molecule has 0 saturated carbocycles. The number of furan rings is 1. The minimum atomic E-state index is -0.0448. The van der Waals surface area contributed by atoms with E-state index in [9.17, 15) is 4.79 Å². The molecule has 7 heteroatoms. The standard InChI is InChI=1S/C25H25ClN4O2/c1-2-23-28-22-15-19(26)10-11-21(22)25(29-23)30(17-18-7-4-3-5-8-18)13-12-24(31)27-16-20-9-6-14-32-20/h3-11,14-15H,2,12-13,16-17H2,1H3,(H,27,31). The van der Waals surface area contributed by atoms with Crippen LogP contribution in [-0.2, 0) is 24.3 Å². The van der Waals surface area contributed by atoms with Crippen molar-refractivity contribution in [3.63, 3.8) is 0 Å². The van der Waals surface area contributed by atoms with Gasteiger partial charge in [0.05, 0.1) is 18.3 Å². The van der Waals surface area contributed by atoms with Gasteiger partial charge in [-0.2, -0.15) is 0 Å². The zero-order valence-corrected chi connectivity index (χ0v) is 18.7. The lowest BCUT2D eigenvalue weighted by Crippen LogP contribution is -2.31. The van der Waals surface area contributed by atoms with E-state index in [1.165, 1.54) is 0 Å². The molecule has 0 atom stereocenters. The lowest BCUT2D eigenvalue weighted by atomic mass is 10.1. The molecule has 0 aliphatic heterocycles. The first-order valence-electron chi connectivity index (χ1n) is 10.7. The summed E-state index contributed by atoms with van der Waals surface area (Å²) in [6, 6.07) is 19.5. The summed E-state index contributed by atoms with van der Waals surface area (Å²) in [6.45, 7) is 3.54. The van der Waals surface area contributed by atoms with E-state index in [1.807, 2.05) is 49.4 Å². The fourth-order valence-electron chi connectivity index (χ4n) is 3.52. The fraction of sp³-hybridized carbons (Fsp3) is 0.240. The molecule has 1 amide bonds. The van der Waals surface area contributed by atoms with Crippen molar-refractivity contribution in [2.75, 3.05) is 11.4 Å². The summed E-state index contributed by atoms with van der Waals surface area (Å²) in [5.74, 6) is 2.24. The Balaban J connectivity index is 1.60. The monoisotopic (exact) mass is 448 g/mol. The van der Waals surface area contributed by atoms with E-state index < -0.39 is 0 Å². The van der Waals surface area contributed by atoms with Crippen LogP contribution in [0.5, 0.6) is 0 Å². The molecule has 0 bridgehead atoms. The number of carbonyl (C=O) groups is 1. The van der Waals surface area contributed by atoms with Crippen LogP contribution in [0.3, 0.4) is 0 Å². The average molecular weight is 449 g/mol. The maximum absolute atomic E-state index is 12.5. The number of nitrogens with one attached hydrogen (secondary N) is 1. The molecule has 164 valence electrons. The van der Waals surface area contributed by atoms with Gasteiger partial charge in [0.2, 0.25) is 5.91 Å². The van der Waals surface area contributed by atoms with Crippen LogP contribution in [0.4, 0.5) is 5.82 Å². The SMILES string of the molecule is CCc1nc(N(CCC(=O)NCc2ccco2)Cc2ccccc2)c2ccc(Cl)cc2n1. The predicted molar refractivity (Wildman–Crippen MR) is 127 cm³/mol. The second-order valence-electron chi connectivity index (χ2n) is 7.49. The molecule has 4 rings (SSSR count). The zero-order valence-electron chi connectivity index (χ0n) is 17.9. The molecule has 6 nitrogen and oxygen atoms in total. The number of amides is 1. The summed E-state index contributed by atoms with van der Waals surface area (Å²) in [4.78, 5) is 24.1. The third-order valence-corrected chi connectivity index (χ3v) is 5.40. The quantitative estimate of drug-likeness (QED) is 0.383. The lowest BCUT2D eigenvalue weighted by molar-refractivity contribution is -0.121. The van der Waals surface area contributed by atoms with Crippen molar-refractivity contribution < 1.29 is 9.21 Å². The number of anilines is 1. The van der Waals surface area contributed by atoms with Crippen molar-refractivity contribution >= 4 is 34.2 Å². The third-order valence-electron chi connectivity index (χ3n) is 5.17. The Kier molecular flexibility index (Phi) is 7.02. The van der Waals surface area contributed by atoms with Gasteiger partial charge >= 0.3 is 0 Å². The molecular weight excluding hydrogens is 424 g/mol. The lowest BCUT2D eigenvalue weighted by Gasteiger charge is -2.25. The molecule has 0 fully saturated rings. The molecule has 4 aromatic rings. The first-order chi connectivity index (χ1) is 15.6. The number of aryl methyl sites for hydroxylation is 1. The minimum absolute atomic E-state index is 0.0448. The largest absolute Gasteiger partial charge is 0.467 e. The topological polar surface area (TPSA) is 71.3 Å². The average Bonchev–Trinajstić information content (AvgIpc) is 3.34. The van der Waals surface area contributed by atoms with E-state index in [0.29, 0.717) is 37.5 Å². The number of carbonyl (C=O) groups excluding carboxylic acids is 1. The van der Waals surface area contributed by atoms with Crippen molar-refractivity contribution in [1.82, 2.24) is 15.3 Å². The molecule has 1 N–H and O–H groups in total.